The number of esters is 1. The first kappa shape index (κ1) is 21.5. The SMILES string of the molecule is CCOC(=O)Cn1c(=NC(=O)c2ccc(Oc3ccccc3)cc2)sc2cc(F)ccc21. The Hall–Kier alpha value is -3.78. The number of para-hydroxylation sites is 1. The summed E-state index contributed by atoms with van der Waals surface area (Å²) in [5.41, 5.74) is 0.958. The number of thiazole rings is 1. The van der Waals surface area contributed by atoms with E-state index in [0.717, 1.165) is 11.3 Å². The van der Waals surface area contributed by atoms with E-state index in [-0.39, 0.29) is 18.0 Å². The molecule has 162 valence electrons. The summed E-state index contributed by atoms with van der Waals surface area (Å²) in [4.78, 5) is 29.3. The first-order valence-electron chi connectivity index (χ1n) is 9.90. The van der Waals surface area contributed by atoms with Crippen LogP contribution >= 0.6 is 11.3 Å². The molecular weight excluding hydrogens is 431 g/mol. The van der Waals surface area contributed by atoms with Crippen LogP contribution in [0.3, 0.4) is 0 Å². The molecule has 32 heavy (non-hydrogen) atoms. The lowest BCUT2D eigenvalue weighted by atomic mass is 10.2. The van der Waals surface area contributed by atoms with Crippen LogP contribution in [-0.2, 0) is 16.1 Å². The fourth-order valence-electron chi connectivity index (χ4n) is 3.06. The predicted octanol–water partition coefficient (Wildman–Crippen LogP) is 4.94. The summed E-state index contributed by atoms with van der Waals surface area (Å²) in [6, 6.07) is 20.1. The summed E-state index contributed by atoms with van der Waals surface area (Å²) in [5.74, 6) is -0.0844. The highest BCUT2D eigenvalue weighted by Gasteiger charge is 2.13. The molecule has 6 nitrogen and oxygen atoms in total. The van der Waals surface area contributed by atoms with Crippen LogP contribution in [0, 0.1) is 5.82 Å². The van der Waals surface area contributed by atoms with Gasteiger partial charge in [-0.25, -0.2) is 4.39 Å². The second-order valence-corrected chi connectivity index (χ2v) is 7.75. The first-order chi connectivity index (χ1) is 15.5. The van der Waals surface area contributed by atoms with E-state index in [1.807, 2.05) is 30.3 Å². The summed E-state index contributed by atoms with van der Waals surface area (Å²) in [7, 11) is 0. The van der Waals surface area contributed by atoms with Crippen molar-refractivity contribution in [2.45, 2.75) is 13.5 Å². The largest absolute Gasteiger partial charge is 0.465 e. The average molecular weight is 450 g/mol. The van der Waals surface area contributed by atoms with E-state index in [4.69, 9.17) is 9.47 Å². The summed E-state index contributed by atoms with van der Waals surface area (Å²) < 4.78 is 26.6. The third kappa shape index (κ3) is 4.92. The monoisotopic (exact) mass is 450 g/mol. The quantitative estimate of drug-likeness (QED) is 0.390. The summed E-state index contributed by atoms with van der Waals surface area (Å²) in [6.45, 7) is 1.82. The molecule has 0 saturated carbocycles. The van der Waals surface area contributed by atoms with Gasteiger partial charge in [-0.15, -0.1) is 0 Å². The Morgan fingerprint density at radius 2 is 1.72 bits per heavy atom. The number of amides is 1. The maximum absolute atomic E-state index is 13.7. The maximum atomic E-state index is 13.7. The zero-order valence-corrected chi connectivity index (χ0v) is 18.0. The molecule has 0 saturated heterocycles. The Morgan fingerprint density at radius 1 is 1.00 bits per heavy atom. The van der Waals surface area contributed by atoms with E-state index in [1.165, 1.54) is 12.1 Å². The number of benzene rings is 3. The Morgan fingerprint density at radius 3 is 2.44 bits per heavy atom. The van der Waals surface area contributed by atoms with Crippen LogP contribution in [0.15, 0.2) is 77.8 Å². The van der Waals surface area contributed by atoms with Crippen molar-refractivity contribution >= 4 is 33.4 Å². The van der Waals surface area contributed by atoms with E-state index < -0.39 is 17.7 Å². The Balaban J connectivity index is 1.64. The summed E-state index contributed by atoms with van der Waals surface area (Å²) >= 11 is 1.13. The number of hydrogen-bond acceptors (Lipinski definition) is 5. The number of halogens is 1. The normalized spacial score (nSPS) is 11.5. The highest BCUT2D eigenvalue weighted by Crippen LogP contribution is 2.22. The standard InChI is InChI=1S/C24H19FN2O4S/c1-2-30-22(28)15-27-20-13-10-17(25)14-21(20)32-24(27)26-23(29)16-8-11-19(12-9-16)31-18-6-4-3-5-7-18/h3-14H,2,15H2,1H3. The predicted molar refractivity (Wildman–Crippen MR) is 119 cm³/mol. The molecule has 1 amide bonds. The van der Waals surface area contributed by atoms with Gasteiger partial charge < -0.3 is 14.0 Å². The van der Waals surface area contributed by atoms with Crippen molar-refractivity contribution < 1.29 is 23.5 Å². The Labute approximate surface area is 187 Å². The molecule has 0 aliphatic heterocycles. The molecule has 3 aromatic carbocycles. The molecule has 1 aromatic heterocycles. The van der Waals surface area contributed by atoms with Gasteiger partial charge >= 0.3 is 5.97 Å². The number of hydrogen-bond donors (Lipinski definition) is 0. The van der Waals surface area contributed by atoms with Gasteiger partial charge in [0, 0.05) is 5.56 Å². The fraction of sp³-hybridized carbons (Fsp3) is 0.125. The van der Waals surface area contributed by atoms with Gasteiger partial charge in [0.25, 0.3) is 5.91 Å². The van der Waals surface area contributed by atoms with Crippen LogP contribution in [0.2, 0.25) is 0 Å². The van der Waals surface area contributed by atoms with Crippen molar-refractivity contribution in [1.82, 2.24) is 4.57 Å². The van der Waals surface area contributed by atoms with Crippen LogP contribution in [0.4, 0.5) is 4.39 Å². The van der Waals surface area contributed by atoms with Gasteiger partial charge in [-0.2, -0.15) is 4.99 Å². The van der Waals surface area contributed by atoms with Crippen molar-refractivity contribution in [2.24, 2.45) is 4.99 Å². The number of nitrogens with zero attached hydrogens (tertiary/aromatic N) is 2. The van der Waals surface area contributed by atoms with Gasteiger partial charge in [0.2, 0.25) is 0 Å². The molecule has 0 radical (unpaired) electrons. The number of carbonyl (C=O) groups is 2. The highest BCUT2D eigenvalue weighted by atomic mass is 32.1. The zero-order chi connectivity index (χ0) is 22.5. The van der Waals surface area contributed by atoms with Crippen LogP contribution in [0.1, 0.15) is 17.3 Å². The lowest BCUT2D eigenvalue weighted by Crippen LogP contribution is -2.23. The molecule has 0 spiro atoms. The number of aromatic nitrogens is 1. The van der Waals surface area contributed by atoms with Crippen LogP contribution < -0.4 is 9.54 Å². The summed E-state index contributed by atoms with van der Waals surface area (Å²) in [5, 5.41) is 0. The zero-order valence-electron chi connectivity index (χ0n) is 17.2. The first-order valence-corrected chi connectivity index (χ1v) is 10.7. The molecule has 0 aliphatic rings. The van der Waals surface area contributed by atoms with Gasteiger partial charge in [-0.1, -0.05) is 29.5 Å². The average Bonchev–Trinajstić information content (AvgIpc) is 3.10. The molecule has 0 unspecified atom stereocenters. The number of ether oxygens (including phenoxy) is 2. The van der Waals surface area contributed by atoms with Crippen molar-refractivity contribution in [3.8, 4) is 11.5 Å². The Kier molecular flexibility index (Phi) is 6.42. The Bertz CT molecular complexity index is 1330. The fourth-order valence-corrected chi connectivity index (χ4v) is 4.12. The molecule has 0 aliphatic carbocycles. The van der Waals surface area contributed by atoms with Gasteiger partial charge in [-0.3, -0.25) is 9.59 Å². The molecule has 0 atom stereocenters. The lowest BCUT2D eigenvalue weighted by molar-refractivity contribution is -0.143. The van der Waals surface area contributed by atoms with Crippen molar-refractivity contribution in [2.75, 3.05) is 6.61 Å². The molecule has 0 fully saturated rings. The number of carbonyl (C=O) groups excluding carboxylic acids is 2. The number of fused-ring (bicyclic) bond motifs is 1. The van der Waals surface area contributed by atoms with Gasteiger partial charge in [-0.05, 0) is 61.5 Å². The minimum absolute atomic E-state index is 0.130. The van der Waals surface area contributed by atoms with E-state index >= 15 is 0 Å². The summed E-state index contributed by atoms with van der Waals surface area (Å²) in [6.07, 6.45) is 0. The van der Waals surface area contributed by atoms with Gasteiger partial charge in [0.05, 0.1) is 16.8 Å². The molecule has 0 N–H and O–H groups in total. The van der Waals surface area contributed by atoms with Gasteiger partial charge in [0.1, 0.15) is 23.9 Å². The molecular formula is C24H19FN2O4S. The minimum Gasteiger partial charge on any atom is -0.465 e. The number of rotatable bonds is 6. The van der Waals surface area contributed by atoms with Crippen molar-refractivity contribution in [3.63, 3.8) is 0 Å². The van der Waals surface area contributed by atoms with E-state index in [1.54, 1.807) is 41.8 Å². The molecule has 4 rings (SSSR count). The molecule has 8 heteroatoms. The van der Waals surface area contributed by atoms with Crippen LogP contribution in [0.5, 0.6) is 11.5 Å². The second-order valence-electron chi connectivity index (χ2n) is 6.74. The third-order valence-electron chi connectivity index (χ3n) is 4.51. The molecule has 4 aromatic rings. The second kappa shape index (κ2) is 9.57. The van der Waals surface area contributed by atoms with E-state index in [0.29, 0.717) is 27.3 Å². The smallest absolute Gasteiger partial charge is 0.326 e. The van der Waals surface area contributed by atoms with E-state index in [9.17, 15) is 14.0 Å². The maximum Gasteiger partial charge on any atom is 0.326 e. The van der Waals surface area contributed by atoms with Gasteiger partial charge in [0.15, 0.2) is 4.80 Å². The molecule has 0 bridgehead atoms. The van der Waals surface area contributed by atoms with Crippen LogP contribution in [-0.4, -0.2) is 23.1 Å². The lowest BCUT2D eigenvalue weighted by Gasteiger charge is -2.06. The van der Waals surface area contributed by atoms with Crippen molar-refractivity contribution in [3.05, 3.63) is 89.0 Å². The third-order valence-corrected chi connectivity index (χ3v) is 5.56. The topological polar surface area (TPSA) is 69.9 Å². The van der Waals surface area contributed by atoms with Crippen molar-refractivity contribution in [1.29, 1.82) is 0 Å². The highest BCUT2D eigenvalue weighted by molar-refractivity contribution is 7.16. The van der Waals surface area contributed by atoms with Crippen LogP contribution in [0.25, 0.3) is 10.2 Å². The van der Waals surface area contributed by atoms with E-state index in [2.05, 4.69) is 4.99 Å². The molecule has 1 heterocycles. The minimum atomic E-state index is -0.485.